The number of nitrogens with one attached hydrogen (secondary N) is 3. The van der Waals surface area contributed by atoms with Gasteiger partial charge in [-0.05, 0) is 41.2 Å². The van der Waals surface area contributed by atoms with Crippen LogP contribution in [0.4, 0.5) is 0 Å². The van der Waals surface area contributed by atoms with Crippen LogP contribution >= 0.6 is 23.6 Å². The van der Waals surface area contributed by atoms with Crippen LogP contribution in [0.5, 0.6) is 5.75 Å². The second kappa shape index (κ2) is 9.63. The predicted molar refractivity (Wildman–Crippen MR) is 115 cm³/mol. The average Bonchev–Trinajstić information content (AvgIpc) is 3.23. The van der Waals surface area contributed by atoms with Gasteiger partial charge in [0.1, 0.15) is 5.75 Å². The molecule has 0 radical (unpaired) electrons. The average molecular weight is 412 g/mol. The fraction of sp³-hybridized carbons (Fsp3) is 0.0500. The molecule has 0 saturated heterocycles. The molecular formula is C20H17N3O3S2. The normalized spacial score (nSPS) is 10.6. The van der Waals surface area contributed by atoms with Gasteiger partial charge in [0.05, 0.1) is 0 Å². The third-order valence-electron chi connectivity index (χ3n) is 3.60. The summed E-state index contributed by atoms with van der Waals surface area (Å²) in [5.41, 5.74) is 4.85. The summed E-state index contributed by atoms with van der Waals surface area (Å²) in [5, 5.41) is 6.29. The van der Waals surface area contributed by atoms with Crippen LogP contribution in [0.3, 0.4) is 0 Å². The molecule has 0 aliphatic rings. The van der Waals surface area contributed by atoms with E-state index in [-0.39, 0.29) is 11.7 Å². The minimum atomic E-state index is -0.432. The molecule has 142 valence electrons. The third-order valence-corrected chi connectivity index (χ3v) is 4.64. The number of rotatable bonds is 5. The number of carbonyl (C=O) groups is 2. The first-order valence-electron chi connectivity index (χ1n) is 8.34. The quantitative estimate of drug-likeness (QED) is 0.342. The van der Waals surface area contributed by atoms with Crippen molar-refractivity contribution >= 4 is 57.3 Å². The highest BCUT2D eigenvalue weighted by Crippen LogP contribution is 2.24. The number of hydrogen-bond acceptors (Lipinski definition) is 5. The van der Waals surface area contributed by atoms with Crippen molar-refractivity contribution in [1.29, 1.82) is 0 Å². The molecule has 0 atom stereocenters. The van der Waals surface area contributed by atoms with E-state index in [1.54, 1.807) is 12.1 Å². The van der Waals surface area contributed by atoms with E-state index in [4.69, 9.17) is 17.0 Å². The SMILES string of the molecule is O=C(C=Cc1cccs1)NC(=S)NNC(=O)COc1cccc2ccccc12. The van der Waals surface area contributed by atoms with E-state index < -0.39 is 11.8 Å². The second-order valence-corrected chi connectivity index (χ2v) is 6.99. The zero-order chi connectivity index (χ0) is 19.8. The van der Waals surface area contributed by atoms with Crippen molar-refractivity contribution in [3.05, 3.63) is 70.9 Å². The van der Waals surface area contributed by atoms with Gasteiger partial charge in [-0.3, -0.25) is 25.8 Å². The van der Waals surface area contributed by atoms with Gasteiger partial charge in [0.25, 0.3) is 5.91 Å². The molecule has 3 rings (SSSR count). The molecule has 0 aliphatic carbocycles. The Hall–Kier alpha value is -3.23. The molecule has 0 saturated carbocycles. The van der Waals surface area contributed by atoms with Gasteiger partial charge < -0.3 is 4.74 Å². The molecule has 0 fully saturated rings. The first kappa shape index (κ1) is 19.5. The Morgan fingerprint density at radius 3 is 2.68 bits per heavy atom. The van der Waals surface area contributed by atoms with Crippen LogP contribution in [-0.4, -0.2) is 23.5 Å². The smallest absolute Gasteiger partial charge is 0.276 e. The first-order chi connectivity index (χ1) is 13.6. The van der Waals surface area contributed by atoms with Crippen LogP contribution in [0.25, 0.3) is 16.8 Å². The summed E-state index contributed by atoms with van der Waals surface area (Å²) in [6.07, 6.45) is 3.05. The summed E-state index contributed by atoms with van der Waals surface area (Å²) in [7, 11) is 0. The Labute approximate surface area is 171 Å². The zero-order valence-electron chi connectivity index (χ0n) is 14.7. The molecule has 1 aromatic heterocycles. The van der Waals surface area contributed by atoms with E-state index in [1.807, 2.05) is 53.9 Å². The lowest BCUT2D eigenvalue weighted by Crippen LogP contribution is -2.49. The van der Waals surface area contributed by atoms with E-state index >= 15 is 0 Å². The number of amides is 2. The minimum absolute atomic E-state index is 0.0145. The van der Waals surface area contributed by atoms with Crippen molar-refractivity contribution < 1.29 is 14.3 Å². The highest BCUT2D eigenvalue weighted by molar-refractivity contribution is 7.80. The molecule has 2 amide bonds. The van der Waals surface area contributed by atoms with Gasteiger partial charge in [0, 0.05) is 16.3 Å². The predicted octanol–water partition coefficient (Wildman–Crippen LogP) is 3.02. The second-order valence-electron chi connectivity index (χ2n) is 5.61. The number of fused-ring (bicyclic) bond motifs is 1. The molecule has 1 heterocycles. The number of carbonyl (C=O) groups excluding carboxylic acids is 2. The van der Waals surface area contributed by atoms with Gasteiger partial charge in [0.15, 0.2) is 11.7 Å². The number of thiophene rings is 1. The van der Waals surface area contributed by atoms with E-state index in [0.29, 0.717) is 5.75 Å². The van der Waals surface area contributed by atoms with E-state index in [9.17, 15) is 9.59 Å². The maximum Gasteiger partial charge on any atom is 0.276 e. The summed E-state index contributed by atoms with van der Waals surface area (Å²) in [6, 6.07) is 17.2. The highest BCUT2D eigenvalue weighted by Gasteiger charge is 2.07. The zero-order valence-corrected chi connectivity index (χ0v) is 16.3. The lowest BCUT2D eigenvalue weighted by Gasteiger charge is -2.11. The van der Waals surface area contributed by atoms with Gasteiger partial charge in [-0.15, -0.1) is 11.3 Å². The molecule has 0 aliphatic heterocycles. The van der Waals surface area contributed by atoms with E-state index in [2.05, 4.69) is 16.2 Å². The van der Waals surface area contributed by atoms with Gasteiger partial charge in [-0.2, -0.15) is 0 Å². The van der Waals surface area contributed by atoms with Crippen LogP contribution in [0.2, 0.25) is 0 Å². The largest absolute Gasteiger partial charge is 0.483 e. The highest BCUT2D eigenvalue weighted by atomic mass is 32.1. The maximum atomic E-state index is 11.9. The summed E-state index contributed by atoms with van der Waals surface area (Å²) in [4.78, 5) is 24.7. The van der Waals surface area contributed by atoms with Crippen LogP contribution in [0, 0.1) is 0 Å². The molecule has 3 N–H and O–H groups in total. The number of benzene rings is 2. The summed E-state index contributed by atoms with van der Waals surface area (Å²) >= 11 is 6.49. The monoisotopic (exact) mass is 411 g/mol. The Morgan fingerprint density at radius 2 is 1.86 bits per heavy atom. The van der Waals surface area contributed by atoms with Crippen LogP contribution in [-0.2, 0) is 9.59 Å². The van der Waals surface area contributed by atoms with Crippen molar-refractivity contribution in [2.45, 2.75) is 0 Å². The maximum absolute atomic E-state index is 11.9. The van der Waals surface area contributed by atoms with Crippen LogP contribution in [0.15, 0.2) is 66.1 Å². The third kappa shape index (κ3) is 5.63. The van der Waals surface area contributed by atoms with Gasteiger partial charge in [0.2, 0.25) is 5.91 Å². The first-order valence-corrected chi connectivity index (χ1v) is 9.62. The molecule has 0 unspecified atom stereocenters. The Bertz CT molecular complexity index is 1010. The van der Waals surface area contributed by atoms with Crippen molar-refractivity contribution in [3.63, 3.8) is 0 Å². The van der Waals surface area contributed by atoms with Gasteiger partial charge >= 0.3 is 0 Å². The van der Waals surface area contributed by atoms with E-state index in [1.165, 1.54) is 17.4 Å². The molecular weight excluding hydrogens is 394 g/mol. The number of hydrogen-bond donors (Lipinski definition) is 3. The molecule has 3 aromatic rings. The fourth-order valence-corrected chi connectivity index (χ4v) is 3.13. The number of ether oxygens (including phenoxy) is 1. The fourth-order valence-electron chi connectivity index (χ4n) is 2.36. The lowest BCUT2D eigenvalue weighted by atomic mass is 10.1. The Kier molecular flexibility index (Phi) is 6.72. The molecule has 2 aromatic carbocycles. The molecule has 0 bridgehead atoms. The summed E-state index contributed by atoms with van der Waals surface area (Å²) in [6.45, 7) is -0.199. The van der Waals surface area contributed by atoms with E-state index in [0.717, 1.165) is 15.6 Å². The molecule has 6 nitrogen and oxygen atoms in total. The number of hydrazine groups is 1. The van der Waals surface area contributed by atoms with Crippen molar-refractivity contribution in [1.82, 2.24) is 16.2 Å². The Balaban J connectivity index is 1.42. The standard InChI is InChI=1S/C20H17N3O3S2/c24-18(11-10-15-7-4-12-28-15)21-20(27)23-22-19(25)13-26-17-9-3-6-14-5-1-2-8-16(14)17/h1-12H,13H2,(H,22,25)(H2,21,23,24,27). The molecule has 8 heteroatoms. The molecule has 0 spiro atoms. The summed E-state index contributed by atoms with van der Waals surface area (Å²) in [5.74, 6) is -0.214. The summed E-state index contributed by atoms with van der Waals surface area (Å²) < 4.78 is 5.58. The van der Waals surface area contributed by atoms with Crippen molar-refractivity contribution in [2.75, 3.05) is 6.61 Å². The van der Waals surface area contributed by atoms with Crippen LogP contribution < -0.4 is 20.9 Å². The van der Waals surface area contributed by atoms with Gasteiger partial charge in [-0.25, -0.2) is 0 Å². The lowest BCUT2D eigenvalue weighted by molar-refractivity contribution is -0.123. The number of thiocarbonyl (C=S) groups is 1. The molecule has 28 heavy (non-hydrogen) atoms. The topological polar surface area (TPSA) is 79.5 Å². The Morgan fingerprint density at radius 1 is 1.04 bits per heavy atom. The van der Waals surface area contributed by atoms with Gasteiger partial charge in [-0.1, -0.05) is 42.5 Å². The van der Waals surface area contributed by atoms with Crippen molar-refractivity contribution in [2.24, 2.45) is 0 Å². The van der Waals surface area contributed by atoms with Crippen molar-refractivity contribution in [3.8, 4) is 5.75 Å². The van der Waals surface area contributed by atoms with Crippen LogP contribution in [0.1, 0.15) is 4.88 Å². The minimum Gasteiger partial charge on any atom is -0.483 e.